The van der Waals surface area contributed by atoms with E-state index in [1.54, 1.807) is 11.8 Å². The van der Waals surface area contributed by atoms with Crippen molar-refractivity contribution in [3.8, 4) is 11.5 Å². The lowest BCUT2D eigenvalue weighted by Crippen LogP contribution is -2.48. The van der Waals surface area contributed by atoms with Crippen LogP contribution in [-0.2, 0) is 4.79 Å². The molecule has 23 heavy (non-hydrogen) atoms. The van der Waals surface area contributed by atoms with E-state index in [-0.39, 0.29) is 18.3 Å². The van der Waals surface area contributed by atoms with Crippen molar-refractivity contribution < 1.29 is 14.3 Å². The van der Waals surface area contributed by atoms with Crippen LogP contribution in [-0.4, -0.2) is 44.5 Å². The molecule has 128 valence electrons. The zero-order valence-corrected chi connectivity index (χ0v) is 14.6. The number of thioether (sulfide) groups is 1. The Bertz CT molecular complexity index is 526. The normalized spacial score (nSPS) is 16.7. The quantitative estimate of drug-likeness (QED) is 0.762. The summed E-state index contributed by atoms with van der Waals surface area (Å²) in [7, 11) is 0. The molecule has 2 aliphatic heterocycles. The molecular formula is C16H23ClN2O3S. The van der Waals surface area contributed by atoms with Gasteiger partial charge in [0.15, 0.2) is 11.5 Å². The first kappa shape index (κ1) is 18.2. The van der Waals surface area contributed by atoms with Crippen LogP contribution in [0.25, 0.3) is 0 Å². The summed E-state index contributed by atoms with van der Waals surface area (Å²) >= 11 is 1.67. The van der Waals surface area contributed by atoms with Crippen molar-refractivity contribution in [1.82, 2.24) is 10.6 Å². The summed E-state index contributed by atoms with van der Waals surface area (Å²) in [4.78, 5) is 12.9. The maximum absolute atomic E-state index is 11.8. The van der Waals surface area contributed by atoms with Gasteiger partial charge in [-0.1, -0.05) is 0 Å². The van der Waals surface area contributed by atoms with Crippen LogP contribution in [0.4, 0.5) is 0 Å². The van der Waals surface area contributed by atoms with Gasteiger partial charge in [0, 0.05) is 49.0 Å². The van der Waals surface area contributed by atoms with E-state index in [9.17, 15) is 4.79 Å². The zero-order valence-electron chi connectivity index (χ0n) is 13.0. The Labute approximate surface area is 147 Å². The van der Waals surface area contributed by atoms with E-state index < -0.39 is 0 Å². The Morgan fingerprint density at radius 2 is 2.04 bits per heavy atom. The monoisotopic (exact) mass is 358 g/mol. The van der Waals surface area contributed by atoms with Gasteiger partial charge in [0.1, 0.15) is 0 Å². The molecule has 1 aromatic rings. The lowest BCUT2D eigenvalue weighted by atomic mass is 10.0. The van der Waals surface area contributed by atoms with Gasteiger partial charge in [-0.25, -0.2) is 0 Å². The van der Waals surface area contributed by atoms with E-state index in [1.165, 1.54) is 0 Å². The van der Waals surface area contributed by atoms with Crippen LogP contribution >= 0.6 is 24.2 Å². The maximum Gasteiger partial charge on any atom is 0.220 e. The summed E-state index contributed by atoms with van der Waals surface area (Å²) in [6.45, 7) is 4.23. The Morgan fingerprint density at radius 1 is 1.26 bits per heavy atom. The van der Waals surface area contributed by atoms with Crippen LogP contribution in [0, 0.1) is 5.92 Å². The summed E-state index contributed by atoms with van der Waals surface area (Å²) in [5.41, 5.74) is 0. The molecule has 3 rings (SSSR count). The zero-order chi connectivity index (χ0) is 15.2. The van der Waals surface area contributed by atoms with Gasteiger partial charge in [-0.2, -0.15) is 0 Å². The molecule has 0 spiro atoms. The number of nitrogens with one attached hydrogen (secondary N) is 2. The van der Waals surface area contributed by atoms with Gasteiger partial charge in [-0.05, 0) is 18.2 Å². The number of carbonyl (C=O) groups excluding carboxylic acids is 1. The van der Waals surface area contributed by atoms with Crippen molar-refractivity contribution in [2.24, 2.45) is 5.92 Å². The molecule has 5 nitrogen and oxygen atoms in total. The molecule has 0 saturated carbocycles. The highest BCUT2D eigenvalue weighted by Crippen LogP contribution is 2.33. The van der Waals surface area contributed by atoms with Crippen LogP contribution in [0.5, 0.6) is 11.5 Å². The average Bonchev–Trinajstić information content (AvgIpc) is 2.70. The SMILES string of the molecule is Cl.O=C(CCSc1ccc2c(c1)OCCCO2)NCC1CNC1. The molecule has 2 aliphatic rings. The molecule has 7 heteroatoms. The molecule has 0 unspecified atom stereocenters. The molecule has 1 amide bonds. The number of benzene rings is 1. The Balaban J connectivity index is 0.00000192. The van der Waals surface area contributed by atoms with Crippen LogP contribution in [0.2, 0.25) is 0 Å². The molecule has 2 heterocycles. The van der Waals surface area contributed by atoms with Crippen LogP contribution in [0.3, 0.4) is 0 Å². The van der Waals surface area contributed by atoms with Crippen molar-refractivity contribution in [2.75, 3.05) is 38.6 Å². The fourth-order valence-corrected chi connectivity index (χ4v) is 3.21. The second-order valence-electron chi connectivity index (χ2n) is 5.59. The van der Waals surface area contributed by atoms with Crippen molar-refractivity contribution >= 4 is 30.1 Å². The van der Waals surface area contributed by atoms with E-state index in [2.05, 4.69) is 10.6 Å². The summed E-state index contributed by atoms with van der Waals surface area (Å²) in [5.74, 6) is 3.14. The molecule has 0 bridgehead atoms. The first-order valence-electron chi connectivity index (χ1n) is 7.81. The minimum atomic E-state index is 0. The lowest BCUT2D eigenvalue weighted by molar-refractivity contribution is -0.120. The van der Waals surface area contributed by atoms with Gasteiger partial charge in [-0.3, -0.25) is 4.79 Å². The Hall–Kier alpha value is -1.11. The van der Waals surface area contributed by atoms with Crippen molar-refractivity contribution in [2.45, 2.75) is 17.7 Å². The number of ether oxygens (including phenoxy) is 2. The fraction of sp³-hybridized carbons (Fsp3) is 0.562. The highest BCUT2D eigenvalue weighted by atomic mass is 35.5. The summed E-state index contributed by atoms with van der Waals surface area (Å²) in [6.07, 6.45) is 1.45. The molecule has 0 aromatic heterocycles. The molecule has 1 saturated heterocycles. The Kier molecular flexibility index (Phi) is 7.33. The van der Waals surface area contributed by atoms with Gasteiger partial charge in [-0.15, -0.1) is 24.2 Å². The van der Waals surface area contributed by atoms with Gasteiger partial charge in [0.05, 0.1) is 13.2 Å². The number of halogens is 1. The predicted octanol–water partition coefficient (Wildman–Crippen LogP) is 2.09. The highest BCUT2D eigenvalue weighted by molar-refractivity contribution is 7.99. The number of hydrogen-bond acceptors (Lipinski definition) is 5. The van der Waals surface area contributed by atoms with Crippen LogP contribution in [0.15, 0.2) is 23.1 Å². The molecule has 1 aromatic carbocycles. The minimum Gasteiger partial charge on any atom is -0.490 e. The third-order valence-corrected chi connectivity index (χ3v) is 4.77. The first-order chi connectivity index (χ1) is 10.8. The lowest BCUT2D eigenvalue weighted by Gasteiger charge is -2.27. The van der Waals surface area contributed by atoms with Gasteiger partial charge in [0.25, 0.3) is 0 Å². The topological polar surface area (TPSA) is 59.6 Å². The second kappa shape index (κ2) is 9.25. The summed E-state index contributed by atoms with van der Waals surface area (Å²) in [6, 6.07) is 5.98. The number of carbonyl (C=O) groups is 1. The van der Waals surface area contributed by atoms with Gasteiger partial charge in [0.2, 0.25) is 5.91 Å². The Morgan fingerprint density at radius 3 is 2.78 bits per heavy atom. The van der Waals surface area contributed by atoms with Crippen LogP contribution < -0.4 is 20.1 Å². The van der Waals surface area contributed by atoms with E-state index >= 15 is 0 Å². The molecule has 0 aliphatic carbocycles. The van der Waals surface area contributed by atoms with Crippen molar-refractivity contribution in [1.29, 1.82) is 0 Å². The van der Waals surface area contributed by atoms with Gasteiger partial charge < -0.3 is 20.1 Å². The van der Waals surface area contributed by atoms with Crippen molar-refractivity contribution in [3.05, 3.63) is 18.2 Å². The van der Waals surface area contributed by atoms with E-state index in [4.69, 9.17) is 9.47 Å². The largest absolute Gasteiger partial charge is 0.490 e. The second-order valence-corrected chi connectivity index (χ2v) is 6.75. The molecule has 0 atom stereocenters. The number of hydrogen-bond donors (Lipinski definition) is 2. The first-order valence-corrected chi connectivity index (χ1v) is 8.80. The van der Waals surface area contributed by atoms with Crippen LogP contribution in [0.1, 0.15) is 12.8 Å². The number of fused-ring (bicyclic) bond motifs is 1. The number of amides is 1. The molecule has 1 fully saturated rings. The van der Waals surface area contributed by atoms with Crippen molar-refractivity contribution in [3.63, 3.8) is 0 Å². The summed E-state index contributed by atoms with van der Waals surface area (Å²) < 4.78 is 11.3. The molecule has 2 N–H and O–H groups in total. The van der Waals surface area contributed by atoms with E-state index in [0.29, 0.717) is 25.6 Å². The van der Waals surface area contributed by atoms with E-state index in [1.807, 2.05) is 18.2 Å². The minimum absolute atomic E-state index is 0. The average molecular weight is 359 g/mol. The highest BCUT2D eigenvalue weighted by Gasteiger charge is 2.17. The smallest absolute Gasteiger partial charge is 0.220 e. The molecule has 0 radical (unpaired) electrons. The third kappa shape index (κ3) is 5.48. The maximum atomic E-state index is 11.8. The third-order valence-electron chi connectivity index (χ3n) is 3.77. The predicted molar refractivity (Wildman–Crippen MR) is 94.0 cm³/mol. The number of rotatable bonds is 6. The summed E-state index contributed by atoms with van der Waals surface area (Å²) in [5, 5.41) is 6.19. The van der Waals surface area contributed by atoms with E-state index in [0.717, 1.165) is 48.2 Å². The fourth-order valence-electron chi connectivity index (χ4n) is 2.33. The van der Waals surface area contributed by atoms with Gasteiger partial charge >= 0.3 is 0 Å². The molecular weight excluding hydrogens is 336 g/mol. The standard InChI is InChI=1S/C16H22N2O3S.ClH/c19-16(18-11-12-9-17-10-12)4-7-22-13-2-3-14-15(8-13)21-6-1-5-20-14;/h2-3,8,12,17H,1,4-7,9-11H2,(H,18,19);1H.